The first-order valence-electron chi connectivity index (χ1n) is 9.02. The van der Waals surface area contributed by atoms with E-state index < -0.39 is 0 Å². The molecule has 2 aromatic carbocycles. The van der Waals surface area contributed by atoms with Crippen LogP contribution < -0.4 is 4.74 Å². The van der Waals surface area contributed by atoms with Gasteiger partial charge in [0.1, 0.15) is 5.75 Å². The third-order valence-electron chi connectivity index (χ3n) is 5.08. The van der Waals surface area contributed by atoms with Gasteiger partial charge in [-0.3, -0.25) is 9.69 Å². The van der Waals surface area contributed by atoms with Crippen molar-refractivity contribution in [3.63, 3.8) is 0 Å². The molecule has 4 rings (SSSR count). The summed E-state index contributed by atoms with van der Waals surface area (Å²) in [5.74, 6) is 1.19. The van der Waals surface area contributed by atoms with Crippen molar-refractivity contribution < 1.29 is 9.53 Å². The topological polar surface area (TPSA) is 32.8 Å². The van der Waals surface area contributed by atoms with Crippen molar-refractivity contribution in [3.05, 3.63) is 64.7 Å². The first-order chi connectivity index (χ1) is 12.2. The van der Waals surface area contributed by atoms with Crippen LogP contribution in [0.5, 0.6) is 5.75 Å². The molecule has 0 N–H and O–H groups in total. The second kappa shape index (κ2) is 6.89. The molecule has 25 heavy (non-hydrogen) atoms. The summed E-state index contributed by atoms with van der Waals surface area (Å²) in [6, 6.07) is 14.4. The molecule has 1 amide bonds. The minimum absolute atomic E-state index is 0.151. The van der Waals surface area contributed by atoms with Crippen molar-refractivity contribution in [1.29, 1.82) is 0 Å². The van der Waals surface area contributed by atoms with E-state index in [0.29, 0.717) is 0 Å². The van der Waals surface area contributed by atoms with Gasteiger partial charge in [0.25, 0.3) is 5.91 Å². The molecule has 1 fully saturated rings. The molecule has 4 nitrogen and oxygen atoms in total. The van der Waals surface area contributed by atoms with Crippen LogP contribution in [0.15, 0.2) is 42.5 Å². The summed E-state index contributed by atoms with van der Waals surface area (Å²) in [4.78, 5) is 17.0. The average Bonchev–Trinajstić information content (AvgIpc) is 3.09. The van der Waals surface area contributed by atoms with Crippen LogP contribution in [0.3, 0.4) is 0 Å². The summed E-state index contributed by atoms with van der Waals surface area (Å²) in [7, 11) is 0. The molecule has 1 saturated heterocycles. The molecule has 0 unspecified atom stereocenters. The molecule has 130 valence electrons. The Morgan fingerprint density at radius 2 is 1.92 bits per heavy atom. The number of piperazine rings is 1. The lowest BCUT2D eigenvalue weighted by Crippen LogP contribution is -2.48. The minimum atomic E-state index is 0.151. The van der Waals surface area contributed by atoms with Crippen LogP contribution >= 0.6 is 0 Å². The van der Waals surface area contributed by atoms with E-state index >= 15 is 0 Å². The van der Waals surface area contributed by atoms with Crippen LogP contribution in [0.1, 0.15) is 27.0 Å². The summed E-state index contributed by atoms with van der Waals surface area (Å²) in [5, 5.41) is 0. The van der Waals surface area contributed by atoms with Crippen LogP contribution in [0.25, 0.3) is 0 Å². The number of carbonyl (C=O) groups is 1. The van der Waals surface area contributed by atoms with Gasteiger partial charge in [0.05, 0.1) is 6.61 Å². The van der Waals surface area contributed by atoms with E-state index in [1.54, 1.807) is 0 Å². The van der Waals surface area contributed by atoms with Gasteiger partial charge in [-0.25, -0.2) is 0 Å². The molecule has 0 bridgehead atoms. The number of amides is 1. The molecule has 0 atom stereocenters. The quantitative estimate of drug-likeness (QED) is 0.864. The lowest BCUT2D eigenvalue weighted by molar-refractivity contribution is 0.0628. The Labute approximate surface area is 149 Å². The van der Waals surface area contributed by atoms with Crippen molar-refractivity contribution in [2.45, 2.75) is 19.9 Å². The zero-order valence-electron chi connectivity index (χ0n) is 14.7. The van der Waals surface area contributed by atoms with Crippen molar-refractivity contribution in [2.75, 3.05) is 32.8 Å². The zero-order chi connectivity index (χ0) is 17.2. The summed E-state index contributed by atoms with van der Waals surface area (Å²) in [5.41, 5.74) is 4.59. The molecular weight excluding hydrogens is 312 g/mol. The predicted molar refractivity (Wildman–Crippen MR) is 98.0 cm³/mol. The highest BCUT2D eigenvalue weighted by Crippen LogP contribution is 2.26. The largest absolute Gasteiger partial charge is 0.493 e. The molecular formula is C21H24N2O2. The van der Waals surface area contributed by atoms with E-state index in [9.17, 15) is 4.79 Å². The molecule has 0 spiro atoms. The Kier molecular flexibility index (Phi) is 4.45. The highest BCUT2D eigenvalue weighted by molar-refractivity contribution is 5.94. The Balaban J connectivity index is 1.34. The number of rotatable bonds is 3. The van der Waals surface area contributed by atoms with Crippen molar-refractivity contribution in [1.82, 2.24) is 9.80 Å². The van der Waals surface area contributed by atoms with Gasteiger partial charge in [-0.2, -0.15) is 0 Å². The smallest absolute Gasteiger partial charge is 0.253 e. The standard InChI is InChI=1S/C21H24N2O2/c1-16-3-2-4-19(13-16)21(24)23-10-8-22(9-11-23)15-17-5-6-20-18(14-17)7-12-25-20/h2-6,13-14H,7-12,15H2,1H3. The van der Waals surface area contributed by atoms with Crippen LogP contribution in [0.4, 0.5) is 0 Å². The Morgan fingerprint density at radius 1 is 1.08 bits per heavy atom. The maximum absolute atomic E-state index is 12.6. The van der Waals surface area contributed by atoms with Crippen molar-refractivity contribution in [2.24, 2.45) is 0 Å². The fourth-order valence-electron chi connectivity index (χ4n) is 3.67. The lowest BCUT2D eigenvalue weighted by Gasteiger charge is -2.35. The van der Waals surface area contributed by atoms with Gasteiger partial charge in [0, 0.05) is 44.7 Å². The van der Waals surface area contributed by atoms with Crippen LogP contribution in [0.2, 0.25) is 0 Å². The maximum atomic E-state index is 12.6. The second-order valence-electron chi connectivity index (χ2n) is 6.98. The molecule has 2 aliphatic heterocycles. The highest BCUT2D eigenvalue weighted by Gasteiger charge is 2.22. The SMILES string of the molecule is Cc1cccc(C(=O)N2CCN(Cc3ccc4c(c3)CCO4)CC2)c1. The Bertz CT molecular complexity index is 779. The summed E-state index contributed by atoms with van der Waals surface area (Å²) in [6.45, 7) is 7.20. The van der Waals surface area contributed by atoms with E-state index in [4.69, 9.17) is 4.74 Å². The van der Waals surface area contributed by atoms with E-state index in [1.807, 2.05) is 36.1 Å². The summed E-state index contributed by atoms with van der Waals surface area (Å²) in [6.07, 6.45) is 1.02. The molecule has 0 aromatic heterocycles. The van der Waals surface area contributed by atoms with Crippen molar-refractivity contribution in [3.8, 4) is 5.75 Å². The van der Waals surface area contributed by atoms with Gasteiger partial charge in [0.15, 0.2) is 0 Å². The van der Waals surface area contributed by atoms with Gasteiger partial charge in [-0.05, 0) is 36.2 Å². The molecule has 0 aliphatic carbocycles. The van der Waals surface area contributed by atoms with E-state index in [1.165, 1.54) is 11.1 Å². The molecule has 0 saturated carbocycles. The molecule has 2 aliphatic rings. The zero-order valence-corrected chi connectivity index (χ0v) is 14.7. The summed E-state index contributed by atoms with van der Waals surface area (Å²) < 4.78 is 5.58. The van der Waals surface area contributed by atoms with Crippen LogP contribution in [-0.2, 0) is 13.0 Å². The summed E-state index contributed by atoms with van der Waals surface area (Å²) >= 11 is 0. The fraction of sp³-hybridized carbons (Fsp3) is 0.381. The number of nitrogens with zero attached hydrogens (tertiary/aromatic N) is 2. The molecule has 2 aromatic rings. The third kappa shape index (κ3) is 3.54. The third-order valence-corrected chi connectivity index (χ3v) is 5.08. The molecule has 0 radical (unpaired) electrons. The van der Waals surface area contributed by atoms with E-state index in [0.717, 1.165) is 62.6 Å². The molecule has 2 heterocycles. The van der Waals surface area contributed by atoms with E-state index in [-0.39, 0.29) is 5.91 Å². The number of benzene rings is 2. The molecule has 4 heteroatoms. The fourth-order valence-corrected chi connectivity index (χ4v) is 3.67. The Hall–Kier alpha value is -2.33. The van der Waals surface area contributed by atoms with Gasteiger partial charge in [0.2, 0.25) is 0 Å². The van der Waals surface area contributed by atoms with Gasteiger partial charge >= 0.3 is 0 Å². The van der Waals surface area contributed by atoms with Crippen LogP contribution in [0, 0.1) is 6.92 Å². The predicted octanol–water partition coefficient (Wildman–Crippen LogP) is 2.89. The monoisotopic (exact) mass is 336 g/mol. The normalized spacial score (nSPS) is 17.2. The van der Waals surface area contributed by atoms with Gasteiger partial charge < -0.3 is 9.64 Å². The Morgan fingerprint density at radius 3 is 2.72 bits per heavy atom. The second-order valence-corrected chi connectivity index (χ2v) is 6.98. The lowest BCUT2D eigenvalue weighted by atomic mass is 10.1. The number of fused-ring (bicyclic) bond motifs is 1. The number of hydrogen-bond donors (Lipinski definition) is 0. The van der Waals surface area contributed by atoms with Gasteiger partial charge in [-0.1, -0.05) is 29.8 Å². The number of ether oxygens (including phenoxy) is 1. The number of carbonyl (C=O) groups excluding carboxylic acids is 1. The van der Waals surface area contributed by atoms with Crippen LogP contribution in [-0.4, -0.2) is 48.5 Å². The maximum Gasteiger partial charge on any atom is 0.253 e. The number of hydrogen-bond acceptors (Lipinski definition) is 3. The van der Waals surface area contributed by atoms with Gasteiger partial charge in [-0.15, -0.1) is 0 Å². The minimum Gasteiger partial charge on any atom is -0.493 e. The van der Waals surface area contributed by atoms with Crippen molar-refractivity contribution >= 4 is 5.91 Å². The first kappa shape index (κ1) is 16.2. The average molecular weight is 336 g/mol. The number of aryl methyl sites for hydroxylation is 1. The highest BCUT2D eigenvalue weighted by atomic mass is 16.5. The first-order valence-corrected chi connectivity index (χ1v) is 9.02. The van der Waals surface area contributed by atoms with E-state index in [2.05, 4.69) is 23.1 Å².